The van der Waals surface area contributed by atoms with Crippen molar-refractivity contribution < 1.29 is 13.7 Å². The molecule has 7 nitrogen and oxygen atoms in total. The zero-order chi connectivity index (χ0) is 22.1. The van der Waals surface area contributed by atoms with Gasteiger partial charge in [0.15, 0.2) is 17.3 Å². The Morgan fingerprint density at radius 1 is 1.06 bits per heavy atom. The number of anilines is 1. The maximum atomic E-state index is 14.5. The van der Waals surface area contributed by atoms with Gasteiger partial charge in [0.25, 0.3) is 5.91 Å². The van der Waals surface area contributed by atoms with Crippen LogP contribution in [-0.2, 0) is 13.0 Å². The highest BCUT2D eigenvalue weighted by Gasteiger charge is 2.19. The molecule has 0 fully saturated rings. The second kappa shape index (κ2) is 8.55. The number of halogens is 2. The fourth-order valence-electron chi connectivity index (χ4n) is 3.81. The summed E-state index contributed by atoms with van der Waals surface area (Å²) in [7, 11) is 0. The molecule has 0 spiro atoms. The molecule has 32 heavy (non-hydrogen) atoms. The minimum Gasteiger partial charge on any atom is -0.355 e. The third-order valence-electron chi connectivity index (χ3n) is 5.43. The largest absolute Gasteiger partial charge is 0.355 e. The summed E-state index contributed by atoms with van der Waals surface area (Å²) >= 11 is 6.00. The quantitative estimate of drug-likeness (QED) is 0.450. The van der Waals surface area contributed by atoms with Crippen molar-refractivity contribution in [2.45, 2.75) is 32.2 Å². The molecule has 0 aliphatic carbocycles. The normalized spacial score (nSPS) is 13.4. The average molecular weight is 452 g/mol. The number of aromatic nitrogens is 4. The van der Waals surface area contributed by atoms with Gasteiger partial charge in [0.05, 0.1) is 5.69 Å². The van der Waals surface area contributed by atoms with Crippen LogP contribution in [0.5, 0.6) is 0 Å². The van der Waals surface area contributed by atoms with E-state index < -0.39 is 11.7 Å². The van der Waals surface area contributed by atoms with Gasteiger partial charge in [-0.25, -0.2) is 4.39 Å². The lowest BCUT2D eigenvalue weighted by Crippen LogP contribution is -2.13. The van der Waals surface area contributed by atoms with E-state index in [-0.39, 0.29) is 11.4 Å². The molecule has 1 aliphatic heterocycles. The topological polar surface area (TPSA) is 85.8 Å². The van der Waals surface area contributed by atoms with Gasteiger partial charge in [-0.2, -0.15) is 0 Å². The third-order valence-corrected chi connectivity index (χ3v) is 5.67. The zero-order valence-corrected chi connectivity index (χ0v) is 17.8. The second-order valence-electron chi connectivity index (χ2n) is 7.64. The summed E-state index contributed by atoms with van der Waals surface area (Å²) in [6.45, 7) is 0.821. The maximum Gasteiger partial charge on any atom is 0.277 e. The number of amides is 1. The van der Waals surface area contributed by atoms with Crippen LogP contribution >= 0.6 is 11.6 Å². The predicted molar refractivity (Wildman–Crippen MR) is 118 cm³/mol. The Balaban J connectivity index is 1.39. The predicted octanol–water partition coefficient (Wildman–Crippen LogP) is 5.37. The van der Waals surface area contributed by atoms with Crippen LogP contribution in [0, 0.1) is 5.82 Å². The summed E-state index contributed by atoms with van der Waals surface area (Å²) in [5.41, 5.74) is 1.43. The first-order valence-corrected chi connectivity index (χ1v) is 10.7. The van der Waals surface area contributed by atoms with Crippen molar-refractivity contribution in [1.82, 2.24) is 19.9 Å². The maximum absolute atomic E-state index is 14.5. The molecule has 0 saturated carbocycles. The van der Waals surface area contributed by atoms with Gasteiger partial charge in [0.1, 0.15) is 11.6 Å². The number of nitrogens with zero attached hydrogens (tertiary/aromatic N) is 4. The van der Waals surface area contributed by atoms with Gasteiger partial charge in [-0.3, -0.25) is 4.79 Å². The van der Waals surface area contributed by atoms with Crippen molar-refractivity contribution in [2.75, 3.05) is 5.32 Å². The minimum atomic E-state index is -0.585. The summed E-state index contributed by atoms with van der Waals surface area (Å²) in [5, 5.41) is 15.5. The Bertz CT molecular complexity index is 1300. The van der Waals surface area contributed by atoms with Crippen LogP contribution in [-0.4, -0.2) is 25.8 Å². The molecule has 0 unspecified atom stereocenters. The van der Waals surface area contributed by atoms with E-state index in [0.29, 0.717) is 27.7 Å². The molecular formula is C23H19ClFN5O2. The van der Waals surface area contributed by atoms with Crippen molar-refractivity contribution in [3.05, 3.63) is 70.9 Å². The van der Waals surface area contributed by atoms with Crippen molar-refractivity contribution >= 4 is 23.2 Å². The van der Waals surface area contributed by atoms with Gasteiger partial charge in [0, 0.05) is 35.2 Å². The average Bonchev–Trinajstić information content (AvgIpc) is 3.37. The molecule has 1 N–H and O–H groups in total. The summed E-state index contributed by atoms with van der Waals surface area (Å²) in [4.78, 5) is 12.7. The molecule has 2 aromatic heterocycles. The summed E-state index contributed by atoms with van der Waals surface area (Å²) in [5.74, 6) is 0.845. The molecule has 0 saturated heterocycles. The lowest BCUT2D eigenvalue weighted by atomic mass is 10.1. The van der Waals surface area contributed by atoms with E-state index in [0.717, 1.165) is 38.1 Å². The first-order valence-electron chi connectivity index (χ1n) is 10.3. The minimum absolute atomic E-state index is 0.0288. The van der Waals surface area contributed by atoms with Crippen LogP contribution in [0.3, 0.4) is 0 Å². The van der Waals surface area contributed by atoms with Gasteiger partial charge in [0.2, 0.25) is 0 Å². The molecule has 1 aliphatic rings. The fraction of sp³-hybridized carbons (Fsp3) is 0.217. The number of fused-ring (bicyclic) bond motifs is 1. The highest BCUT2D eigenvalue weighted by molar-refractivity contribution is 6.30. The van der Waals surface area contributed by atoms with Gasteiger partial charge < -0.3 is 14.4 Å². The van der Waals surface area contributed by atoms with Gasteiger partial charge in [-0.15, -0.1) is 10.2 Å². The molecular weight excluding hydrogens is 433 g/mol. The lowest BCUT2D eigenvalue weighted by Gasteiger charge is -2.10. The lowest BCUT2D eigenvalue weighted by molar-refractivity contribution is 0.101. The molecule has 1 amide bonds. The van der Waals surface area contributed by atoms with Crippen molar-refractivity contribution in [1.29, 1.82) is 0 Å². The monoisotopic (exact) mass is 451 g/mol. The molecule has 0 bridgehead atoms. The van der Waals surface area contributed by atoms with E-state index >= 15 is 0 Å². The first kappa shape index (κ1) is 20.4. The molecule has 0 atom stereocenters. The van der Waals surface area contributed by atoms with E-state index in [1.165, 1.54) is 12.1 Å². The van der Waals surface area contributed by atoms with Crippen LogP contribution < -0.4 is 5.32 Å². The number of hydrogen-bond acceptors (Lipinski definition) is 5. The standard InChI is InChI=1S/C23H19ClFN5O2/c24-16-6-4-5-14(11-16)20-13-19(29-32-20)23(31)26-18-12-15(8-9-17(18)25)22-28-27-21-7-2-1-3-10-30(21)22/h4-6,8-9,11-13H,1-3,7,10H2,(H,26,31). The number of rotatable bonds is 4. The molecule has 5 rings (SSSR count). The fourth-order valence-corrected chi connectivity index (χ4v) is 4.00. The second-order valence-corrected chi connectivity index (χ2v) is 8.07. The van der Waals surface area contributed by atoms with E-state index in [9.17, 15) is 9.18 Å². The van der Waals surface area contributed by atoms with E-state index in [2.05, 4.69) is 25.2 Å². The number of carbonyl (C=O) groups excluding carboxylic acids is 1. The number of carbonyl (C=O) groups is 1. The SMILES string of the molecule is O=C(Nc1cc(-c2nnc3n2CCCCC3)ccc1F)c1cc(-c2cccc(Cl)c2)on1. The molecule has 0 radical (unpaired) electrons. The molecule has 2 aromatic carbocycles. The van der Waals surface area contributed by atoms with E-state index in [4.69, 9.17) is 16.1 Å². The highest BCUT2D eigenvalue weighted by Crippen LogP contribution is 2.28. The first-order chi connectivity index (χ1) is 15.6. The van der Waals surface area contributed by atoms with Crippen molar-refractivity contribution in [2.24, 2.45) is 0 Å². The Morgan fingerprint density at radius 3 is 2.84 bits per heavy atom. The Labute approximate surface area is 188 Å². The molecule has 4 aromatic rings. The van der Waals surface area contributed by atoms with Gasteiger partial charge >= 0.3 is 0 Å². The van der Waals surface area contributed by atoms with E-state index in [1.54, 1.807) is 36.4 Å². The Kier molecular flexibility index (Phi) is 5.45. The third kappa shape index (κ3) is 4.01. The van der Waals surface area contributed by atoms with Crippen molar-refractivity contribution in [3.63, 3.8) is 0 Å². The van der Waals surface area contributed by atoms with Crippen LogP contribution in [0.15, 0.2) is 53.1 Å². The summed E-state index contributed by atoms with van der Waals surface area (Å²) < 4.78 is 21.8. The zero-order valence-electron chi connectivity index (χ0n) is 17.0. The Morgan fingerprint density at radius 2 is 1.97 bits per heavy atom. The molecule has 3 heterocycles. The van der Waals surface area contributed by atoms with Crippen LogP contribution in [0.4, 0.5) is 10.1 Å². The number of hydrogen-bond donors (Lipinski definition) is 1. The van der Waals surface area contributed by atoms with Gasteiger partial charge in [-0.1, -0.05) is 35.3 Å². The molecule has 9 heteroatoms. The van der Waals surface area contributed by atoms with Crippen molar-refractivity contribution in [3.8, 4) is 22.7 Å². The number of benzene rings is 2. The van der Waals surface area contributed by atoms with Crippen LogP contribution in [0.1, 0.15) is 35.6 Å². The van der Waals surface area contributed by atoms with Gasteiger partial charge in [-0.05, 0) is 43.2 Å². The summed E-state index contributed by atoms with van der Waals surface area (Å²) in [6, 6.07) is 13.0. The number of aryl methyl sites for hydroxylation is 1. The van der Waals surface area contributed by atoms with E-state index in [1.807, 2.05) is 0 Å². The van der Waals surface area contributed by atoms with Crippen LogP contribution in [0.2, 0.25) is 5.02 Å². The van der Waals surface area contributed by atoms with Crippen LogP contribution in [0.25, 0.3) is 22.7 Å². The highest BCUT2D eigenvalue weighted by atomic mass is 35.5. The molecule has 162 valence electrons. The number of nitrogens with one attached hydrogen (secondary N) is 1. The smallest absolute Gasteiger partial charge is 0.277 e. The summed E-state index contributed by atoms with van der Waals surface area (Å²) in [6.07, 6.45) is 4.14. The Hall–Kier alpha value is -3.52.